The van der Waals surface area contributed by atoms with Crippen LogP contribution in [0, 0.1) is 12.3 Å². The number of aryl methyl sites for hydroxylation is 1. The normalized spacial score (nSPS) is 28.3. The lowest BCUT2D eigenvalue weighted by molar-refractivity contribution is -0.253. The number of hydrogen-bond acceptors (Lipinski definition) is 4. The van der Waals surface area contributed by atoms with Crippen LogP contribution in [-0.2, 0) is 15.9 Å². The molecule has 1 aromatic heterocycles. The van der Waals surface area contributed by atoms with Gasteiger partial charge in [-0.05, 0) is 38.7 Å². The average molecular weight is 293 g/mol. The summed E-state index contributed by atoms with van der Waals surface area (Å²) in [6.45, 7) is 11.9. The number of furan rings is 1. The van der Waals surface area contributed by atoms with Gasteiger partial charge in [-0.15, -0.1) is 0 Å². The van der Waals surface area contributed by atoms with Gasteiger partial charge in [0.1, 0.15) is 11.5 Å². The Morgan fingerprint density at radius 1 is 1.14 bits per heavy atom. The van der Waals surface area contributed by atoms with Crippen LogP contribution in [0.15, 0.2) is 10.5 Å². The maximum Gasteiger partial charge on any atom is 0.162 e. The summed E-state index contributed by atoms with van der Waals surface area (Å²) in [5.74, 6) is 1.68. The molecule has 1 aliphatic carbocycles. The van der Waals surface area contributed by atoms with Crippen molar-refractivity contribution in [2.75, 3.05) is 13.2 Å². The Hall–Kier alpha value is -0.840. The summed E-state index contributed by atoms with van der Waals surface area (Å²) in [7, 11) is 0. The Bertz CT molecular complexity index is 508. The van der Waals surface area contributed by atoms with E-state index in [2.05, 4.69) is 25.2 Å². The second kappa shape index (κ2) is 5.11. The summed E-state index contributed by atoms with van der Waals surface area (Å²) in [5, 5.41) is 3.71. The molecule has 1 aliphatic heterocycles. The maximum absolute atomic E-state index is 5.89. The highest BCUT2D eigenvalue weighted by atomic mass is 16.7. The van der Waals surface area contributed by atoms with Crippen LogP contribution >= 0.6 is 0 Å². The van der Waals surface area contributed by atoms with Gasteiger partial charge < -0.3 is 19.2 Å². The van der Waals surface area contributed by atoms with Gasteiger partial charge in [0.25, 0.3) is 0 Å². The van der Waals surface area contributed by atoms with Crippen LogP contribution in [0.2, 0.25) is 0 Å². The predicted octanol–water partition coefficient (Wildman–Crippen LogP) is 3.34. The van der Waals surface area contributed by atoms with Crippen molar-refractivity contribution in [2.45, 2.75) is 65.3 Å². The molecule has 2 heterocycles. The van der Waals surface area contributed by atoms with Crippen molar-refractivity contribution in [3.8, 4) is 0 Å². The van der Waals surface area contributed by atoms with E-state index in [0.29, 0.717) is 19.3 Å². The van der Waals surface area contributed by atoms with Crippen LogP contribution < -0.4 is 5.32 Å². The van der Waals surface area contributed by atoms with Crippen LogP contribution in [0.4, 0.5) is 0 Å². The molecule has 118 valence electrons. The summed E-state index contributed by atoms with van der Waals surface area (Å²) in [5.41, 5.74) is 1.57. The van der Waals surface area contributed by atoms with Crippen molar-refractivity contribution in [2.24, 2.45) is 5.41 Å². The molecule has 0 spiro atoms. The third-order valence-electron chi connectivity index (χ3n) is 4.44. The van der Waals surface area contributed by atoms with Crippen molar-refractivity contribution in [3.63, 3.8) is 0 Å². The molecule has 1 unspecified atom stereocenters. The quantitative estimate of drug-likeness (QED) is 0.908. The molecule has 0 amide bonds. The smallest absolute Gasteiger partial charge is 0.162 e. The second-order valence-electron chi connectivity index (χ2n) is 7.72. The fourth-order valence-corrected chi connectivity index (χ4v) is 3.41. The van der Waals surface area contributed by atoms with Gasteiger partial charge >= 0.3 is 0 Å². The van der Waals surface area contributed by atoms with Gasteiger partial charge in [0.2, 0.25) is 0 Å². The Kier molecular flexibility index (Phi) is 3.67. The van der Waals surface area contributed by atoms with E-state index in [1.807, 2.05) is 20.8 Å². The molecule has 1 atom stereocenters. The predicted molar refractivity (Wildman–Crippen MR) is 81.2 cm³/mol. The molecular formula is C17H27NO3. The number of ether oxygens (including phenoxy) is 2. The van der Waals surface area contributed by atoms with Gasteiger partial charge in [-0.25, -0.2) is 0 Å². The zero-order chi connectivity index (χ0) is 15.3. The highest BCUT2D eigenvalue weighted by Gasteiger charge is 2.37. The molecule has 2 aliphatic rings. The molecule has 3 rings (SSSR count). The molecule has 0 aromatic carbocycles. The van der Waals surface area contributed by atoms with E-state index < -0.39 is 5.79 Å². The standard InChI is InChI=1S/C17H27NO3/c1-11-6-13-14(7-16(2,3)8-15(13)21-11)18-12-9-19-17(4,5)20-10-12/h6,12,14,18H,7-10H2,1-5H3. The van der Waals surface area contributed by atoms with Gasteiger partial charge in [-0.2, -0.15) is 0 Å². The number of hydrogen-bond donors (Lipinski definition) is 1. The fourth-order valence-electron chi connectivity index (χ4n) is 3.41. The summed E-state index contributed by atoms with van der Waals surface area (Å²) in [4.78, 5) is 0. The first-order chi connectivity index (χ1) is 9.74. The Morgan fingerprint density at radius 2 is 1.81 bits per heavy atom. The molecule has 4 nitrogen and oxygen atoms in total. The summed E-state index contributed by atoms with van der Waals surface area (Å²) in [6.07, 6.45) is 2.12. The van der Waals surface area contributed by atoms with Gasteiger partial charge in [0.15, 0.2) is 5.79 Å². The van der Waals surface area contributed by atoms with Crippen LogP contribution in [0.25, 0.3) is 0 Å². The first-order valence-corrected chi connectivity index (χ1v) is 7.87. The molecule has 21 heavy (non-hydrogen) atoms. The van der Waals surface area contributed by atoms with Gasteiger partial charge in [0.05, 0.1) is 19.3 Å². The van der Waals surface area contributed by atoms with E-state index in [1.54, 1.807) is 0 Å². The number of fused-ring (bicyclic) bond motifs is 1. The van der Waals surface area contributed by atoms with Gasteiger partial charge in [0, 0.05) is 18.0 Å². The molecule has 0 radical (unpaired) electrons. The van der Waals surface area contributed by atoms with Crippen LogP contribution in [0.3, 0.4) is 0 Å². The maximum atomic E-state index is 5.89. The minimum atomic E-state index is -0.457. The minimum absolute atomic E-state index is 0.236. The topological polar surface area (TPSA) is 43.6 Å². The van der Waals surface area contributed by atoms with Crippen molar-refractivity contribution >= 4 is 0 Å². The Balaban J connectivity index is 1.73. The lowest BCUT2D eigenvalue weighted by atomic mass is 9.74. The first-order valence-electron chi connectivity index (χ1n) is 7.87. The first kappa shape index (κ1) is 15.1. The SMILES string of the molecule is Cc1cc2c(o1)CC(C)(C)CC2NC1COC(C)(C)OC1. The highest BCUT2D eigenvalue weighted by Crippen LogP contribution is 2.42. The van der Waals surface area contributed by atoms with Crippen LogP contribution in [0.1, 0.15) is 57.2 Å². The lowest BCUT2D eigenvalue weighted by Gasteiger charge is -2.40. The van der Waals surface area contributed by atoms with Gasteiger partial charge in [-0.3, -0.25) is 0 Å². The van der Waals surface area contributed by atoms with Crippen molar-refractivity contribution in [1.29, 1.82) is 0 Å². The number of nitrogens with one attached hydrogen (secondary N) is 1. The van der Waals surface area contributed by atoms with Gasteiger partial charge in [-0.1, -0.05) is 13.8 Å². The summed E-state index contributed by atoms with van der Waals surface area (Å²) < 4.78 is 17.4. The average Bonchev–Trinajstić information content (AvgIpc) is 2.71. The molecule has 4 heteroatoms. The number of rotatable bonds is 2. The molecule has 1 aromatic rings. The van der Waals surface area contributed by atoms with E-state index in [0.717, 1.165) is 24.4 Å². The molecule has 0 saturated carbocycles. The Labute approximate surface area is 127 Å². The van der Waals surface area contributed by atoms with E-state index in [-0.39, 0.29) is 11.5 Å². The van der Waals surface area contributed by atoms with Crippen molar-refractivity contribution in [1.82, 2.24) is 5.32 Å². The third-order valence-corrected chi connectivity index (χ3v) is 4.44. The highest BCUT2D eigenvalue weighted by molar-refractivity contribution is 5.29. The summed E-state index contributed by atoms with van der Waals surface area (Å²) in [6, 6.07) is 2.73. The van der Waals surface area contributed by atoms with Crippen molar-refractivity contribution < 1.29 is 13.9 Å². The van der Waals surface area contributed by atoms with Crippen LogP contribution in [0.5, 0.6) is 0 Å². The molecule has 1 saturated heterocycles. The minimum Gasteiger partial charge on any atom is -0.466 e. The molecule has 1 N–H and O–H groups in total. The third kappa shape index (κ3) is 3.33. The fraction of sp³-hybridized carbons (Fsp3) is 0.765. The molecule has 0 bridgehead atoms. The van der Waals surface area contributed by atoms with E-state index >= 15 is 0 Å². The van der Waals surface area contributed by atoms with Crippen molar-refractivity contribution in [3.05, 3.63) is 23.2 Å². The monoisotopic (exact) mass is 293 g/mol. The summed E-state index contributed by atoms with van der Waals surface area (Å²) >= 11 is 0. The van der Waals surface area contributed by atoms with Crippen LogP contribution in [-0.4, -0.2) is 25.0 Å². The van der Waals surface area contributed by atoms with E-state index in [4.69, 9.17) is 13.9 Å². The van der Waals surface area contributed by atoms with E-state index in [1.165, 1.54) is 5.56 Å². The molecular weight excluding hydrogens is 266 g/mol. The zero-order valence-electron chi connectivity index (χ0n) is 13.8. The zero-order valence-corrected chi connectivity index (χ0v) is 13.8. The Morgan fingerprint density at radius 3 is 2.48 bits per heavy atom. The van der Waals surface area contributed by atoms with E-state index in [9.17, 15) is 0 Å². The lowest BCUT2D eigenvalue weighted by Crippen LogP contribution is -2.50. The largest absolute Gasteiger partial charge is 0.466 e. The second-order valence-corrected chi connectivity index (χ2v) is 7.72. The molecule has 1 fully saturated rings.